The number of carbonyl (C=O) groups is 1. The van der Waals surface area contributed by atoms with Gasteiger partial charge in [0.25, 0.3) is 0 Å². The van der Waals surface area contributed by atoms with Gasteiger partial charge in [-0.05, 0) is 6.07 Å². The standard InChI is InChI=1S/C12H13FO2S/c1-9(14)16-8-4-6-10-5-3-7-11(15-2)12(10)13/h3-7H,8H2,1-2H3. The van der Waals surface area contributed by atoms with Crippen molar-refractivity contribution in [1.82, 2.24) is 0 Å². The molecule has 0 atom stereocenters. The number of carbonyl (C=O) groups excluding carboxylic acids is 1. The Hall–Kier alpha value is -1.29. The number of halogens is 1. The highest BCUT2D eigenvalue weighted by molar-refractivity contribution is 8.13. The van der Waals surface area contributed by atoms with E-state index >= 15 is 0 Å². The van der Waals surface area contributed by atoms with E-state index in [4.69, 9.17) is 4.74 Å². The number of hydrogen-bond acceptors (Lipinski definition) is 3. The van der Waals surface area contributed by atoms with Crippen molar-refractivity contribution in [3.05, 3.63) is 35.7 Å². The van der Waals surface area contributed by atoms with Crippen LogP contribution in [0.25, 0.3) is 6.08 Å². The van der Waals surface area contributed by atoms with Gasteiger partial charge in [0, 0.05) is 18.2 Å². The van der Waals surface area contributed by atoms with E-state index in [1.807, 2.05) is 0 Å². The summed E-state index contributed by atoms with van der Waals surface area (Å²) in [5.74, 6) is 0.391. The number of methoxy groups -OCH3 is 1. The third kappa shape index (κ3) is 3.70. The van der Waals surface area contributed by atoms with Crippen LogP contribution in [0.5, 0.6) is 5.75 Å². The molecule has 0 N–H and O–H groups in total. The van der Waals surface area contributed by atoms with E-state index in [1.165, 1.54) is 25.8 Å². The quantitative estimate of drug-likeness (QED) is 0.808. The van der Waals surface area contributed by atoms with Gasteiger partial charge < -0.3 is 4.74 Å². The van der Waals surface area contributed by atoms with Crippen LogP contribution >= 0.6 is 11.8 Å². The maximum atomic E-state index is 13.6. The molecule has 1 aromatic rings. The summed E-state index contributed by atoms with van der Waals surface area (Å²) in [5.41, 5.74) is 0.462. The number of thioether (sulfide) groups is 1. The smallest absolute Gasteiger partial charge is 0.186 e. The van der Waals surface area contributed by atoms with Gasteiger partial charge in [0.1, 0.15) is 0 Å². The molecule has 0 heterocycles. The zero-order chi connectivity index (χ0) is 12.0. The van der Waals surface area contributed by atoms with Crippen LogP contribution in [-0.4, -0.2) is 18.0 Å². The number of ether oxygens (including phenoxy) is 1. The predicted molar refractivity (Wildman–Crippen MR) is 65.1 cm³/mol. The second-order valence-electron chi connectivity index (χ2n) is 3.07. The number of benzene rings is 1. The van der Waals surface area contributed by atoms with Crippen molar-refractivity contribution in [3.63, 3.8) is 0 Å². The van der Waals surface area contributed by atoms with Crippen molar-refractivity contribution in [2.24, 2.45) is 0 Å². The van der Waals surface area contributed by atoms with Crippen LogP contribution in [0.3, 0.4) is 0 Å². The molecule has 0 saturated carbocycles. The molecule has 0 fully saturated rings. The minimum Gasteiger partial charge on any atom is -0.494 e. The van der Waals surface area contributed by atoms with E-state index in [2.05, 4.69) is 0 Å². The summed E-state index contributed by atoms with van der Waals surface area (Å²) in [4.78, 5) is 10.7. The molecule has 0 bridgehead atoms. The Morgan fingerprint density at radius 3 is 2.94 bits per heavy atom. The van der Waals surface area contributed by atoms with Crippen molar-refractivity contribution < 1.29 is 13.9 Å². The number of hydrogen-bond donors (Lipinski definition) is 0. The molecule has 16 heavy (non-hydrogen) atoms. The average molecular weight is 240 g/mol. The van der Waals surface area contributed by atoms with Crippen LogP contribution in [0.15, 0.2) is 24.3 Å². The first-order chi connectivity index (χ1) is 7.65. The molecule has 0 aliphatic rings. The monoisotopic (exact) mass is 240 g/mol. The molecular weight excluding hydrogens is 227 g/mol. The van der Waals surface area contributed by atoms with Crippen LogP contribution in [0, 0.1) is 5.82 Å². The summed E-state index contributed by atoms with van der Waals surface area (Å²) < 4.78 is 18.5. The van der Waals surface area contributed by atoms with Gasteiger partial charge >= 0.3 is 0 Å². The SMILES string of the molecule is COc1cccc(C=CCSC(C)=O)c1F. The van der Waals surface area contributed by atoms with E-state index in [-0.39, 0.29) is 16.7 Å². The molecule has 0 unspecified atom stereocenters. The largest absolute Gasteiger partial charge is 0.494 e. The summed E-state index contributed by atoms with van der Waals surface area (Å²) in [6.07, 6.45) is 3.40. The lowest BCUT2D eigenvalue weighted by Crippen LogP contribution is -1.90. The van der Waals surface area contributed by atoms with Crippen molar-refractivity contribution in [3.8, 4) is 5.75 Å². The molecule has 0 aliphatic carbocycles. The topological polar surface area (TPSA) is 26.3 Å². The molecule has 1 aromatic carbocycles. The van der Waals surface area contributed by atoms with Gasteiger partial charge in [0.05, 0.1) is 7.11 Å². The van der Waals surface area contributed by atoms with Gasteiger partial charge in [0.15, 0.2) is 16.7 Å². The third-order valence-corrected chi connectivity index (χ3v) is 2.66. The van der Waals surface area contributed by atoms with Gasteiger partial charge in [-0.25, -0.2) is 4.39 Å². The molecule has 2 nitrogen and oxygen atoms in total. The van der Waals surface area contributed by atoms with E-state index in [9.17, 15) is 9.18 Å². The maximum absolute atomic E-state index is 13.6. The summed E-state index contributed by atoms with van der Waals surface area (Å²) in [6.45, 7) is 1.50. The molecule has 86 valence electrons. The second kappa shape index (κ2) is 6.33. The molecule has 0 amide bonds. The van der Waals surface area contributed by atoms with Gasteiger partial charge in [-0.1, -0.05) is 36.0 Å². The highest BCUT2D eigenvalue weighted by Crippen LogP contribution is 2.21. The van der Waals surface area contributed by atoms with Gasteiger partial charge in [-0.15, -0.1) is 0 Å². The van der Waals surface area contributed by atoms with Crippen molar-refractivity contribution >= 4 is 23.0 Å². The second-order valence-corrected chi connectivity index (χ2v) is 4.27. The minimum absolute atomic E-state index is 0.0516. The fraction of sp³-hybridized carbons (Fsp3) is 0.250. The van der Waals surface area contributed by atoms with Crippen molar-refractivity contribution in [2.45, 2.75) is 6.92 Å². The lowest BCUT2D eigenvalue weighted by atomic mass is 10.2. The highest BCUT2D eigenvalue weighted by atomic mass is 32.2. The molecular formula is C12H13FO2S. The fourth-order valence-electron chi connectivity index (χ4n) is 1.15. The molecule has 0 saturated heterocycles. The van der Waals surface area contributed by atoms with Gasteiger partial charge in [-0.2, -0.15) is 0 Å². The van der Waals surface area contributed by atoms with Crippen LogP contribution in [-0.2, 0) is 4.79 Å². The molecule has 0 radical (unpaired) electrons. The van der Waals surface area contributed by atoms with Crippen LogP contribution in [0.2, 0.25) is 0 Å². The zero-order valence-electron chi connectivity index (χ0n) is 9.20. The van der Waals surface area contributed by atoms with E-state index in [0.717, 1.165) is 0 Å². The normalized spacial score (nSPS) is 10.7. The van der Waals surface area contributed by atoms with Gasteiger partial charge in [0.2, 0.25) is 0 Å². The maximum Gasteiger partial charge on any atom is 0.186 e. The lowest BCUT2D eigenvalue weighted by Gasteiger charge is -2.03. The Morgan fingerprint density at radius 2 is 2.31 bits per heavy atom. The minimum atomic E-state index is -0.380. The van der Waals surface area contributed by atoms with Crippen LogP contribution in [0.4, 0.5) is 4.39 Å². The van der Waals surface area contributed by atoms with E-state index < -0.39 is 0 Å². The summed E-state index contributed by atoms with van der Waals surface area (Å²) in [7, 11) is 1.43. The van der Waals surface area contributed by atoms with Crippen molar-refractivity contribution in [2.75, 3.05) is 12.9 Å². The van der Waals surface area contributed by atoms with E-state index in [1.54, 1.807) is 30.4 Å². The molecule has 1 rings (SSSR count). The Morgan fingerprint density at radius 1 is 1.56 bits per heavy atom. The average Bonchev–Trinajstić information content (AvgIpc) is 2.26. The van der Waals surface area contributed by atoms with Crippen LogP contribution in [0.1, 0.15) is 12.5 Å². The Labute approximate surface area is 98.5 Å². The Balaban J connectivity index is 2.70. The first kappa shape index (κ1) is 12.8. The molecule has 4 heteroatoms. The first-order valence-corrected chi connectivity index (χ1v) is 5.76. The molecule has 0 spiro atoms. The Bertz CT molecular complexity index is 402. The predicted octanol–water partition coefficient (Wildman–Crippen LogP) is 3.13. The zero-order valence-corrected chi connectivity index (χ0v) is 10.0. The Kier molecular flexibility index (Phi) is 5.05. The molecule has 0 aromatic heterocycles. The van der Waals surface area contributed by atoms with Gasteiger partial charge in [-0.3, -0.25) is 4.79 Å². The lowest BCUT2D eigenvalue weighted by molar-refractivity contribution is -0.109. The fourth-order valence-corrected chi connectivity index (χ4v) is 1.58. The first-order valence-electron chi connectivity index (χ1n) is 4.77. The third-order valence-electron chi connectivity index (χ3n) is 1.89. The van der Waals surface area contributed by atoms with Crippen LogP contribution < -0.4 is 4.74 Å². The summed E-state index contributed by atoms with van der Waals surface area (Å²) in [6, 6.07) is 4.95. The summed E-state index contributed by atoms with van der Waals surface area (Å²) in [5, 5.41) is 0.0516. The highest BCUT2D eigenvalue weighted by Gasteiger charge is 2.04. The summed E-state index contributed by atoms with van der Waals surface area (Å²) >= 11 is 1.19. The van der Waals surface area contributed by atoms with Crippen molar-refractivity contribution in [1.29, 1.82) is 0 Å². The molecule has 0 aliphatic heterocycles. The number of rotatable bonds is 4. The van der Waals surface area contributed by atoms with E-state index in [0.29, 0.717) is 11.3 Å².